The topological polar surface area (TPSA) is 76.2 Å². The van der Waals surface area contributed by atoms with Crippen molar-refractivity contribution in [2.75, 3.05) is 46.5 Å². The Labute approximate surface area is 118 Å². The first kappa shape index (κ1) is 16.2. The van der Waals surface area contributed by atoms with Crippen LogP contribution < -0.4 is 0 Å². The zero-order valence-corrected chi connectivity index (χ0v) is 11.9. The SMILES string of the molecule is C=C(C)C(=O)OCCOCCN1CCN(C)C(=O)C1=O. The maximum Gasteiger partial charge on any atom is 0.333 e. The van der Waals surface area contributed by atoms with Crippen LogP contribution in [0.15, 0.2) is 12.2 Å². The molecular formula is C13H20N2O5. The van der Waals surface area contributed by atoms with Crippen molar-refractivity contribution in [1.29, 1.82) is 0 Å². The van der Waals surface area contributed by atoms with Crippen molar-refractivity contribution in [2.45, 2.75) is 6.92 Å². The fourth-order valence-corrected chi connectivity index (χ4v) is 1.58. The Bertz CT molecular complexity index is 408. The number of esters is 1. The van der Waals surface area contributed by atoms with Gasteiger partial charge < -0.3 is 19.3 Å². The van der Waals surface area contributed by atoms with Gasteiger partial charge in [0, 0.05) is 32.3 Å². The highest BCUT2D eigenvalue weighted by atomic mass is 16.6. The Morgan fingerprint density at radius 3 is 2.55 bits per heavy atom. The fourth-order valence-electron chi connectivity index (χ4n) is 1.58. The molecule has 7 heteroatoms. The van der Waals surface area contributed by atoms with Crippen molar-refractivity contribution in [3.05, 3.63) is 12.2 Å². The molecule has 1 aliphatic rings. The van der Waals surface area contributed by atoms with Crippen LogP contribution in [0.1, 0.15) is 6.92 Å². The number of piperazine rings is 1. The molecule has 0 unspecified atom stereocenters. The predicted octanol–water partition coefficient (Wildman–Crippen LogP) is -0.577. The summed E-state index contributed by atoms with van der Waals surface area (Å²) in [5.74, 6) is -1.45. The van der Waals surface area contributed by atoms with Crippen molar-refractivity contribution in [3.8, 4) is 0 Å². The third-order valence-electron chi connectivity index (χ3n) is 2.84. The molecule has 7 nitrogen and oxygen atoms in total. The van der Waals surface area contributed by atoms with E-state index in [0.29, 0.717) is 31.8 Å². The lowest BCUT2D eigenvalue weighted by molar-refractivity contribution is -0.155. The Morgan fingerprint density at radius 1 is 1.20 bits per heavy atom. The fraction of sp³-hybridized carbons (Fsp3) is 0.615. The summed E-state index contributed by atoms with van der Waals surface area (Å²) < 4.78 is 10.1. The third-order valence-corrected chi connectivity index (χ3v) is 2.84. The summed E-state index contributed by atoms with van der Waals surface area (Å²) in [5.41, 5.74) is 0.339. The van der Waals surface area contributed by atoms with Gasteiger partial charge >= 0.3 is 17.8 Å². The molecule has 20 heavy (non-hydrogen) atoms. The molecule has 112 valence electrons. The third kappa shape index (κ3) is 4.65. The van der Waals surface area contributed by atoms with Gasteiger partial charge in [0.05, 0.1) is 13.2 Å². The first-order chi connectivity index (χ1) is 9.43. The van der Waals surface area contributed by atoms with E-state index in [1.807, 2.05) is 0 Å². The van der Waals surface area contributed by atoms with Crippen LogP contribution in [-0.2, 0) is 23.9 Å². The summed E-state index contributed by atoms with van der Waals surface area (Å²) in [6.07, 6.45) is 0. The largest absolute Gasteiger partial charge is 0.460 e. The molecule has 0 aromatic carbocycles. The van der Waals surface area contributed by atoms with E-state index in [1.54, 1.807) is 14.0 Å². The minimum atomic E-state index is -0.504. The molecule has 0 N–H and O–H groups in total. The average molecular weight is 284 g/mol. The number of rotatable bonds is 7. The van der Waals surface area contributed by atoms with Gasteiger partial charge in [-0.1, -0.05) is 6.58 Å². The normalized spacial score (nSPS) is 15.5. The monoisotopic (exact) mass is 284 g/mol. The van der Waals surface area contributed by atoms with Gasteiger partial charge in [-0.3, -0.25) is 9.59 Å². The van der Waals surface area contributed by atoms with Crippen LogP contribution in [0.3, 0.4) is 0 Å². The Morgan fingerprint density at radius 2 is 1.90 bits per heavy atom. The van der Waals surface area contributed by atoms with Crippen molar-refractivity contribution < 1.29 is 23.9 Å². The van der Waals surface area contributed by atoms with Crippen molar-refractivity contribution in [1.82, 2.24) is 9.80 Å². The summed E-state index contributed by atoms with van der Waals surface area (Å²) in [5, 5.41) is 0. The Hall–Kier alpha value is -1.89. The van der Waals surface area contributed by atoms with Crippen LogP contribution in [-0.4, -0.2) is 74.1 Å². The number of carbonyl (C=O) groups is 3. The molecule has 0 radical (unpaired) electrons. The molecule has 0 bridgehead atoms. The van der Waals surface area contributed by atoms with Gasteiger partial charge in [-0.15, -0.1) is 0 Å². The van der Waals surface area contributed by atoms with Crippen LogP contribution in [0.25, 0.3) is 0 Å². The first-order valence-electron chi connectivity index (χ1n) is 6.38. The number of amides is 2. The van der Waals surface area contributed by atoms with Gasteiger partial charge in [-0.25, -0.2) is 4.79 Å². The second-order valence-electron chi connectivity index (χ2n) is 4.55. The summed E-state index contributed by atoms with van der Waals surface area (Å²) in [7, 11) is 1.60. The van der Waals surface area contributed by atoms with E-state index in [9.17, 15) is 14.4 Å². The van der Waals surface area contributed by atoms with Crippen molar-refractivity contribution >= 4 is 17.8 Å². The van der Waals surface area contributed by atoms with E-state index in [0.717, 1.165) is 0 Å². The molecule has 1 heterocycles. The van der Waals surface area contributed by atoms with E-state index in [4.69, 9.17) is 9.47 Å². The Kier molecular flexibility index (Phi) is 6.17. The van der Waals surface area contributed by atoms with Gasteiger partial charge in [-0.05, 0) is 6.92 Å². The number of hydrogen-bond donors (Lipinski definition) is 0. The zero-order chi connectivity index (χ0) is 15.1. The van der Waals surface area contributed by atoms with Crippen LogP contribution in [0, 0.1) is 0 Å². The summed E-state index contributed by atoms with van der Waals surface area (Å²) in [6.45, 7) is 7.10. The highest BCUT2D eigenvalue weighted by molar-refractivity contribution is 6.35. The highest BCUT2D eigenvalue weighted by Gasteiger charge is 2.29. The zero-order valence-electron chi connectivity index (χ0n) is 11.9. The van der Waals surface area contributed by atoms with Crippen LogP contribution in [0.5, 0.6) is 0 Å². The van der Waals surface area contributed by atoms with Gasteiger partial charge in [0.15, 0.2) is 0 Å². The smallest absolute Gasteiger partial charge is 0.333 e. The first-order valence-corrected chi connectivity index (χ1v) is 6.38. The lowest BCUT2D eigenvalue weighted by atomic mass is 10.3. The van der Waals surface area contributed by atoms with E-state index >= 15 is 0 Å². The second-order valence-corrected chi connectivity index (χ2v) is 4.55. The maximum absolute atomic E-state index is 11.6. The molecule has 1 aliphatic heterocycles. The van der Waals surface area contributed by atoms with E-state index < -0.39 is 17.8 Å². The standard InChI is InChI=1S/C13H20N2O5/c1-10(2)13(18)20-9-8-19-7-6-15-5-4-14(3)11(16)12(15)17/h1,4-9H2,2-3H3. The summed E-state index contributed by atoms with van der Waals surface area (Å²) in [6, 6.07) is 0. The van der Waals surface area contributed by atoms with Gasteiger partial charge in [-0.2, -0.15) is 0 Å². The van der Waals surface area contributed by atoms with Gasteiger partial charge in [0.25, 0.3) is 0 Å². The number of carbonyl (C=O) groups excluding carboxylic acids is 3. The highest BCUT2D eigenvalue weighted by Crippen LogP contribution is 2.02. The number of likely N-dealkylation sites (N-methyl/N-ethyl adjacent to an activating group) is 1. The van der Waals surface area contributed by atoms with E-state index in [1.165, 1.54) is 9.80 Å². The van der Waals surface area contributed by atoms with Gasteiger partial charge in [0.2, 0.25) is 0 Å². The molecule has 2 amide bonds. The number of ether oxygens (including phenoxy) is 2. The van der Waals surface area contributed by atoms with E-state index in [2.05, 4.69) is 6.58 Å². The van der Waals surface area contributed by atoms with E-state index in [-0.39, 0.29) is 13.2 Å². The molecule has 0 aliphatic carbocycles. The second kappa shape index (κ2) is 7.64. The van der Waals surface area contributed by atoms with Crippen LogP contribution in [0.4, 0.5) is 0 Å². The average Bonchev–Trinajstić information content (AvgIpc) is 2.41. The predicted molar refractivity (Wildman–Crippen MR) is 70.8 cm³/mol. The van der Waals surface area contributed by atoms with Crippen LogP contribution >= 0.6 is 0 Å². The molecule has 1 rings (SSSR count). The van der Waals surface area contributed by atoms with Crippen molar-refractivity contribution in [3.63, 3.8) is 0 Å². The summed E-state index contributed by atoms with van der Waals surface area (Å²) in [4.78, 5) is 37.0. The lowest BCUT2D eigenvalue weighted by Gasteiger charge is -2.31. The number of nitrogens with zero attached hydrogens (tertiary/aromatic N) is 2. The maximum atomic E-state index is 11.6. The molecule has 0 saturated carbocycles. The minimum Gasteiger partial charge on any atom is -0.460 e. The molecule has 0 spiro atoms. The molecule has 1 saturated heterocycles. The lowest BCUT2D eigenvalue weighted by Crippen LogP contribution is -2.53. The molecule has 0 atom stereocenters. The van der Waals surface area contributed by atoms with Crippen molar-refractivity contribution in [2.24, 2.45) is 0 Å². The molecule has 0 aromatic heterocycles. The van der Waals surface area contributed by atoms with Crippen LogP contribution in [0.2, 0.25) is 0 Å². The molecular weight excluding hydrogens is 264 g/mol. The molecule has 1 fully saturated rings. The Balaban J connectivity index is 2.13. The molecule has 0 aromatic rings. The quantitative estimate of drug-likeness (QED) is 0.271. The minimum absolute atomic E-state index is 0.140. The number of hydrogen-bond acceptors (Lipinski definition) is 5. The summed E-state index contributed by atoms with van der Waals surface area (Å²) >= 11 is 0. The van der Waals surface area contributed by atoms with Gasteiger partial charge in [0.1, 0.15) is 6.61 Å².